The van der Waals surface area contributed by atoms with Crippen molar-refractivity contribution in [2.24, 2.45) is 0 Å². The SMILES string of the molecule is O=S1(=O)C(c2ccccc2)=Cc2ccccc21.c1ccc(-c2cc3ccccc3s2)cc1. The fraction of sp³-hybridized carbons (Fsp3) is 0. The molecule has 6 rings (SSSR count). The van der Waals surface area contributed by atoms with E-state index in [1.165, 1.54) is 20.5 Å². The van der Waals surface area contributed by atoms with E-state index in [1.54, 1.807) is 18.2 Å². The van der Waals surface area contributed by atoms with E-state index in [-0.39, 0.29) is 0 Å². The van der Waals surface area contributed by atoms with Crippen molar-refractivity contribution in [2.75, 3.05) is 0 Å². The minimum absolute atomic E-state index is 0.388. The topological polar surface area (TPSA) is 34.1 Å². The van der Waals surface area contributed by atoms with Crippen molar-refractivity contribution in [1.82, 2.24) is 0 Å². The molecule has 0 radical (unpaired) electrons. The van der Waals surface area contributed by atoms with Crippen LogP contribution in [0.2, 0.25) is 0 Å². The molecule has 0 spiro atoms. The molecule has 4 aromatic carbocycles. The maximum atomic E-state index is 12.3. The summed E-state index contributed by atoms with van der Waals surface area (Å²) in [6.07, 6.45) is 1.74. The van der Waals surface area contributed by atoms with Gasteiger partial charge in [-0.25, -0.2) is 8.42 Å². The molecule has 0 atom stereocenters. The maximum absolute atomic E-state index is 12.3. The minimum atomic E-state index is -3.34. The molecule has 4 heteroatoms. The third-order valence-corrected chi connectivity index (χ3v) is 8.38. The average Bonchev–Trinajstić information content (AvgIpc) is 3.40. The first kappa shape index (κ1) is 20.4. The molecule has 0 saturated carbocycles. The molecular weight excluding hydrogens is 432 g/mol. The van der Waals surface area contributed by atoms with E-state index < -0.39 is 9.84 Å². The summed E-state index contributed by atoms with van der Waals surface area (Å²) in [6.45, 7) is 0. The highest BCUT2D eigenvalue weighted by Crippen LogP contribution is 2.38. The number of fused-ring (bicyclic) bond motifs is 2. The Bertz CT molecular complexity index is 1480. The number of hydrogen-bond donors (Lipinski definition) is 0. The van der Waals surface area contributed by atoms with Crippen molar-refractivity contribution in [3.8, 4) is 10.4 Å². The molecule has 0 saturated heterocycles. The molecule has 2 heterocycles. The van der Waals surface area contributed by atoms with Crippen molar-refractivity contribution in [3.05, 3.63) is 126 Å². The second-order valence-corrected chi connectivity index (χ2v) is 10.4. The van der Waals surface area contributed by atoms with Gasteiger partial charge < -0.3 is 0 Å². The standard InChI is InChI=1S/C14H10O2S.C14H10S/c15-17(16)13-9-5-4-8-12(13)10-14(17)11-6-2-1-3-7-11;1-2-6-11(7-3-1)14-10-12-8-4-5-9-13(12)15-14/h1-10H;1-10H. The second-order valence-electron chi connectivity index (χ2n) is 7.43. The molecule has 156 valence electrons. The zero-order valence-electron chi connectivity index (χ0n) is 17.2. The van der Waals surface area contributed by atoms with Crippen molar-refractivity contribution in [3.63, 3.8) is 0 Å². The van der Waals surface area contributed by atoms with E-state index in [1.807, 2.05) is 53.8 Å². The third kappa shape index (κ3) is 3.91. The molecule has 5 aromatic rings. The van der Waals surface area contributed by atoms with E-state index in [2.05, 4.69) is 60.7 Å². The van der Waals surface area contributed by atoms with Gasteiger partial charge in [0.2, 0.25) is 9.84 Å². The Morgan fingerprint density at radius 2 is 1.19 bits per heavy atom. The van der Waals surface area contributed by atoms with Crippen LogP contribution < -0.4 is 0 Å². The Morgan fingerprint density at radius 3 is 1.88 bits per heavy atom. The summed E-state index contributed by atoms with van der Waals surface area (Å²) in [5.41, 5.74) is 2.81. The van der Waals surface area contributed by atoms with Crippen LogP contribution in [0.5, 0.6) is 0 Å². The second kappa shape index (κ2) is 8.58. The largest absolute Gasteiger partial charge is 0.218 e. The van der Waals surface area contributed by atoms with Gasteiger partial charge in [0.1, 0.15) is 0 Å². The van der Waals surface area contributed by atoms with E-state index in [0.717, 1.165) is 11.1 Å². The summed E-state index contributed by atoms with van der Waals surface area (Å²) in [4.78, 5) is 2.13. The van der Waals surface area contributed by atoms with Crippen molar-refractivity contribution >= 4 is 42.2 Å². The summed E-state index contributed by atoms with van der Waals surface area (Å²) < 4.78 is 26.0. The monoisotopic (exact) mass is 452 g/mol. The van der Waals surface area contributed by atoms with Gasteiger partial charge in [-0.3, -0.25) is 0 Å². The Morgan fingerprint density at radius 1 is 0.594 bits per heavy atom. The predicted molar refractivity (Wildman–Crippen MR) is 135 cm³/mol. The van der Waals surface area contributed by atoms with Gasteiger partial charge in [-0.15, -0.1) is 11.3 Å². The molecule has 0 bridgehead atoms. The van der Waals surface area contributed by atoms with Gasteiger partial charge in [0.05, 0.1) is 9.80 Å². The number of benzene rings is 4. The maximum Gasteiger partial charge on any atom is 0.207 e. The Labute approximate surface area is 192 Å². The lowest BCUT2D eigenvalue weighted by atomic mass is 10.1. The molecule has 1 aliphatic rings. The molecule has 0 amide bonds. The van der Waals surface area contributed by atoms with Crippen LogP contribution in [0.25, 0.3) is 31.5 Å². The number of sulfone groups is 1. The number of rotatable bonds is 2. The van der Waals surface area contributed by atoms with Crippen molar-refractivity contribution in [1.29, 1.82) is 0 Å². The van der Waals surface area contributed by atoms with Crippen LogP contribution in [0.3, 0.4) is 0 Å². The highest BCUT2D eigenvalue weighted by Gasteiger charge is 2.29. The first-order chi connectivity index (χ1) is 15.6. The average molecular weight is 453 g/mol. The van der Waals surface area contributed by atoms with Crippen molar-refractivity contribution < 1.29 is 8.42 Å². The fourth-order valence-electron chi connectivity index (χ4n) is 3.75. The fourth-order valence-corrected chi connectivity index (χ4v) is 6.48. The quantitative estimate of drug-likeness (QED) is 0.277. The molecule has 1 aromatic heterocycles. The first-order valence-electron chi connectivity index (χ1n) is 10.3. The zero-order chi connectivity index (χ0) is 22.0. The molecule has 0 N–H and O–H groups in total. The highest BCUT2D eigenvalue weighted by molar-refractivity contribution is 8.01. The van der Waals surface area contributed by atoms with Crippen LogP contribution in [-0.4, -0.2) is 8.42 Å². The molecule has 0 fully saturated rings. The molecule has 0 unspecified atom stereocenters. The van der Waals surface area contributed by atoms with Gasteiger partial charge in [0, 0.05) is 9.58 Å². The van der Waals surface area contributed by atoms with Crippen LogP contribution in [0.1, 0.15) is 11.1 Å². The van der Waals surface area contributed by atoms with Gasteiger partial charge in [-0.1, -0.05) is 97.1 Å². The van der Waals surface area contributed by atoms with Gasteiger partial charge >= 0.3 is 0 Å². The lowest BCUT2D eigenvalue weighted by Gasteiger charge is -2.03. The van der Waals surface area contributed by atoms with E-state index in [4.69, 9.17) is 0 Å². The van der Waals surface area contributed by atoms with Crippen LogP contribution in [0.4, 0.5) is 0 Å². The van der Waals surface area contributed by atoms with Crippen LogP contribution in [-0.2, 0) is 9.84 Å². The van der Waals surface area contributed by atoms with E-state index in [9.17, 15) is 8.42 Å². The lowest BCUT2D eigenvalue weighted by Crippen LogP contribution is -1.99. The molecular formula is C28H20O2S2. The van der Waals surface area contributed by atoms with Crippen LogP contribution >= 0.6 is 11.3 Å². The molecule has 0 aliphatic carbocycles. The highest BCUT2D eigenvalue weighted by atomic mass is 32.2. The van der Waals surface area contributed by atoms with Gasteiger partial charge in [0.25, 0.3) is 0 Å². The smallest absolute Gasteiger partial charge is 0.207 e. The summed E-state index contributed by atoms with van der Waals surface area (Å²) in [5, 5.41) is 1.33. The Hall–Kier alpha value is -3.47. The third-order valence-electron chi connectivity index (χ3n) is 5.33. The summed E-state index contributed by atoms with van der Waals surface area (Å²) in [5.74, 6) is 0. The molecule has 2 nitrogen and oxygen atoms in total. The van der Waals surface area contributed by atoms with Gasteiger partial charge in [-0.05, 0) is 46.4 Å². The molecule has 1 aliphatic heterocycles. The molecule has 32 heavy (non-hydrogen) atoms. The first-order valence-corrected chi connectivity index (χ1v) is 12.6. The van der Waals surface area contributed by atoms with E-state index in [0.29, 0.717) is 9.80 Å². The number of thiophene rings is 1. The van der Waals surface area contributed by atoms with Gasteiger partial charge in [-0.2, -0.15) is 0 Å². The minimum Gasteiger partial charge on any atom is -0.218 e. The summed E-state index contributed by atoms with van der Waals surface area (Å²) in [6, 6.07) is 37.6. The van der Waals surface area contributed by atoms with Crippen LogP contribution in [0, 0.1) is 0 Å². The van der Waals surface area contributed by atoms with Gasteiger partial charge in [0.15, 0.2) is 0 Å². The zero-order valence-corrected chi connectivity index (χ0v) is 18.8. The Balaban J connectivity index is 0.000000136. The lowest BCUT2D eigenvalue weighted by molar-refractivity contribution is 0.606. The summed E-state index contributed by atoms with van der Waals surface area (Å²) >= 11 is 1.85. The normalized spacial score (nSPS) is 13.7. The van der Waals surface area contributed by atoms with Crippen molar-refractivity contribution in [2.45, 2.75) is 4.90 Å². The van der Waals surface area contributed by atoms with Crippen LogP contribution in [0.15, 0.2) is 120 Å². The predicted octanol–water partition coefficient (Wildman–Crippen LogP) is 7.54. The van der Waals surface area contributed by atoms with E-state index >= 15 is 0 Å². The summed E-state index contributed by atoms with van der Waals surface area (Å²) in [7, 11) is -3.34. The Kier molecular flexibility index (Phi) is 5.48. The number of hydrogen-bond acceptors (Lipinski definition) is 3.